The zero-order valence-corrected chi connectivity index (χ0v) is 10.6. The van der Waals surface area contributed by atoms with E-state index < -0.39 is 0 Å². The van der Waals surface area contributed by atoms with Crippen LogP contribution in [0.5, 0.6) is 0 Å². The molecule has 1 fully saturated rings. The summed E-state index contributed by atoms with van der Waals surface area (Å²) >= 11 is 0. The Morgan fingerprint density at radius 1 is 1.33 bits per heavy atom. The Kier molecular flexibility index (Phi) is 3.77. The number of ketones is 1. The highest BCUT2D eigenvalue weighted by Gasteiger charge is 2.31. The van der Waals surface area contributed by atoms with Gasteiger partial charge < -0.3 is 4.74 Å². The van der Waals surface area contributed by atoms with Gasteiger partial charge in [0.1, 0.15) is 6.10 Å². The van der Waals surface area contributed by atoms with E-state index in [1.807, 2.05) is 36.9 Å². The third kappa shape index (κ3) is 2.76. The zero-order chi connectivity index (χ0) is 13.1. The van der Waals surface area contributed by atoms with Crippen LogP contribution in [-0.4, -0.2) is 41.9 Å². The van der Waals surface area contributed by atoms with Crippen LogP contribution in [0, 0.1) is 0 Å². The third-order valence-corrected chi connectivity index (χ3v) is 3.35. The Morgan fingerprint density at radius 2 is 2.00 bits per heavy atom. The van der Waals surface area contributed by atoms with Crippen molar-refractivity contribution in [2.45, 2.75) is 26.0 Å². The monoisotopic (exact) mass is 247 g/mol. The van der Waals surface area contributed by atoms with Gasteiger partial charge in [-0.05, 0) is 13.8 Å². The van der Waals surface area contributed by atoms with Crippen LogP contribution in [0.2, 0.25) is 0 Å². The van der Waals surface area contributed by atoms with E-state index in [1.165, 1.54) is 0 Å². The predicted molar refractivity (Wildman–Crippen MR) is 67.4 cm³/mol. The molecule has 1 aromatic rings. The first-order valence-corrected chi connectivity index (χ1v) is 6.09. The summed E-state index contributed by atoms with van der Waals surface area (Å²) in [5.74, 6) is -0.231. The molecule has 2 unspecified atom stereocenters. The Balaban J connectivity index is 2.04. The summed E-state index contributed by atoms with van der Waals surface area (Å²) in [6, 6.07) is 9.19. The lowest BCUT2D eigenvalue weighted by Gasteiger charge is -2.36. The van der Waals surface area contributed by atoms with Crippen LogP contribution in [0.25, 0.3) is 0 Å². The average molecular weight is 247 g/mol. The van der Waals surface area contributed by atoms with Crippen molar-refractivity contribution >= 4 is 11.8 Å². The molecule has 4 nitrogen and oxygen atoms in total. The second-order valence-electron chi connectivity index (χ2n) is 4.63. The molecule has 0 N–H and O–H groups in total. The van der Waals surface area contributed by atoms with Crippen LogP contribution in [0.4, 0.5) is 0 Å². The molecule has 4 heteroatoms. The summed E-state index contributed by atoms with van der Waals surface area (Å²) in [5.41, 5.74) is 0.677. The van der Waals surface area contributed by atoms with E-state index in [2.05, 4.69) is 0 Å². The van der Waals surface area contributed by atoms with Gasteiger partial charge in [0.15, 0.2) is 5.78 Å². The Morgan fingerprint density at radius 3 is 2.67 bits per heavy atom. The van der Waals surface area contributed by atoms with Gasteiger partial charge in [-0.15, -0.1) is 0 Å². The van der Waals surface area contributed by atoms with Crippen LogP contribution >= 0.6 is 0 Å². The van der Waals surface area contributed by atoms with E-state index in [1.54, 1.807) is 12.1 Å². The fraction of sp³-hybridized carbons (Fsp3) is 0.429. The van der Waals surface area contributed by atoms with Crippen molar-refractivity contribution in [3.63, 3.8) is 0 Å². The van der Waals surface area contributed by atoms with Gasteiger partial charge in [-0.1, -0.05) is 30.3 Å². The van der Waals surface area contributed by atoms with Gasteiger partial charge >= 0.3 is 5.97 Å². The number of hydrogen-bond donors (Lipinski definition) is 0. The molecule has 1 aromatic carbocycles. The highest BCUT2D eigenvalue weighted by molar-refractivity contribution is 5.97. The summed E-state index contributed by atoms with van der Waals surface area (Å²) in [5, 5.41) is 0. The molecular formula is C14H17NO3. The van der Waals surface area contributed by atoms with E-state index in [0.29, 0.717) is 5.56 Å². The van der Waals surface area contributed by atoms with Crippen molar-refractivity contribution in [1.82, 2.24) is 4.90 Å². The van der Waals surface area contributed by atoms with Gasteiger partial charge in [0.05, 0.1) is 13.1 Å². The van der Waals surface area contributed by atoms with Crippen LogP contribution in [0.1, 0.15) is 24.2 Å². The first kappa shape index (κ1) is 12.8. The molecule has 2 rings (SSSR count). The molecule has 1 aliphatic heterocycles. The quantitative estimate of drug-likeness (QED) is 0.600. The van der Waals surface area contributed by atoms with Crippen molar-refractivity contribution in [1.29, 1.82) is 0 Å². The minimum atomic E-state index is -0.263. The maximum atomic E-state index is 12.1. The molecule has 1 heterocycles. The number of nitrogens with zero attached hydrogens (tertiary/aromatic N) is 1. The maximum absolute atomic E-state index is 12.1. The van der Waals surface area contributed by atoms with Crippen LogP contribution in [0.3, 0.4) is 0 Å². The molecule has 1 saturated heterocycles. The number of carbonyl (C=O) groups is 2. The summed E-state index contributed by atoms with van der Waals surface area (Å²) in [4.78, 5) is 25.3. The lowest BCUT2D eigenvalue weighted by atomic mass is 10.1. The van der Waals surface area contributed by atoms with Crippen molar-refractivity contribution in [2.24, 2.45) is 0 Å². The molecule has 18 heavy (non-hydrogen) atoms. The maximum Gasteiger partial charge on any atom is 0.320 e. The molecule has 0 amide bonds. The normalized spacial score (nSPS) is 24.7. The first-order valence-electron chi connectivity index (χ1n) is 6.09. The predicted octanol–water partition coefficient (Wildman–Crippen LogP) is 1.51. The Hall–Kier alpha value is -1.68. The van der Waals surface area contributed by atoms with E-state index in [9.17, 15) is 9.59 Å². The number of benzene rings is 1. The summed E-state index contributed by atoms with van der Waals surface area (Å²) in [6.07, 6.45) is -0.171. The molecule has 0 aromatic heterocycles. The number of rotatable bonds is 3. The summed E-state index contributed by atoms with van der Waals surface area (Å²) < 4.78 is 5.12. The van der Waals surface area contributed by atoms with Gasteiger partial charge in [-0.2, -0.15) is 0 Å². The minimum absolute atomic E-state index is 0.0318. The van der Waals surface area contributed by atoms with Crippen LogP contribution in [-0.2, 0) is 9.53 Å². The van der Waals surface area contributed by atoms with Crippen LogP contribution in [0.15, 0.2) is 30.3 Å². The molecule has 1 aliphatic rings. The standard InChI is InChI=1S/C14H17NO3/c1-10-11(2)18-14(17)9-15(10)8-13(16)12-6-4-3-5-7-12/h3-7,10-11H,8-9H2,1-2H3. The SMILES string of the molecule is CC1OC(=O)CN(CC(=O)c2ccccc2)C1C. The van der Waals surface area contributed by atoms with Crippen molar-refractivity contribution in [3.05, 3.63) is 35.9 Å². The zero-order valence-electron chi connectivity index (χ0n) is 10.6. The van der Waals surface area contributed by atoms with E-state index in [0.717, 1.165) is 0 Å². The summed E-state index contributed by atoms with van der Waals surface area (Å²) in [6.45, 7) is 4.26. The Labute approximate surface area is 107 Å². The van der Waals surface area contributed by atoms with Gasteiger partial charge in [-0.25, -0.2) is 0 Å². The van der Waals surface area contributed by atoms with Gasteiger partial charge in [0.25, 0.3) is 0 Å². The molecule has 0 bridgehead atoms. The number of morpholine rings is 1. The van der Waals surface area contributed by atoms with Crippen molar-refractivity contribution in [3.8, 4) is 0 Å². The number of ether oxygens (including phenoxy) is 1. The smallest absolute Gasteiger partial charge is 0.320 e. The van der Waals surface area contributed by atoms with E-state index >= 15 is 0 Å². The average Bonchev–Trinajstić information content (AvgIpc) is 2.36. The van der Waals surface area contributed by atoms with E-state index in [4.69, 9.17) is 4.74 Å². The number of carbonyl (C=O) groups excluding carboxylic acids is 2. The fourth-order valence-electron chi connectivity index (χ4n) is 2.05. The number of Topliss-reactive ketones (excluding diaryl/α,β-unsaturated/α-hetero) is 1. The number of hydrogen-bond acceptors (Lipinski definition) is 4. The van der Waals surface area contributed by atoms with Gasteiger partial charge in [0.2, 0.25) is 0 Å². The molecule has 0 aliphatic carbocycles. The molecule has 96 valence electrons. The number of esters is 1. The van der Waals surface area contributed by atoms with Crippen molar-refractivity contribution in [2.75, 3.05) is 13.1 Å². The molecule has 0 saturated carbocycles. The van der Waals surface area contributed by atoms with Crippen molar-refractivity contribution < 1.29 is 14.3 Å². The lowest BCUT2D eigenvalue weighted by molar-refractivity contribution is -0.161. The topological polar surface area (TPSA) is 46.6 Å². The van der Waals surface area contributed by atoms with Crippen LogP contribution < -0.4 is 0 Å². The second-order valence-corrected chi connectivity index (χ2v) is 4.63. The molecular weight excluding hydrogens is 230 g/mol. The summed E-state index contributed by atoms with van der Waals surface area (Å²) in [7, 11) is 0. The molecule has 0 spiro atoms. The third-order valence-electron chi connectivity index (χ3n) is 3.35. The number of cyclic esters (lactones) is 1. The Bertz CT molecular complexity index is 444. The largest absolute Gasteiger partial charge is 0.460 e. The van der Waals surface area contributed by atoms with E-state index in [-0.39, 0.29) is 37.0 Å². The highest BCUT2D eigenvalue weighted by Crippen LogP contribution is 2.15. The second kappa shape index (κ2) is 5.31. The highest BCUT2D eigenvalue weighted by atomic mass is 16.5. The lowest BCUT2D eigenvalue weighted by Crippen LogP contribution is -2.52. The molecule has 0 radical (unpaired) electrons. The van der Waals surface area contributed by atoms with Gasteiger partial charge in [-0.3, -0.25) is 14.5 Å². The minimum Gasteiger partial charge on any atom is -0.460 e. The molecule has 2 atom stereocenters. The fourth-order valence-corrected chi connectivity index (χ4v) is 2.05. The van der Waals surface area contributed by atoms with Gasteiger partial charge in [0, 0.05) is 11.6 Å². The first-order chi connectivity index (χ1) is 8.58.